The maximum atomic E-state index is 11.0. The fourth-order valence-electron chi connectivity index (χ4n) is 3.42. The lowest BCUT2D eigenvalue weighted by atomic mass is 9.72. The van der Waals surface area contributed by atoms with Crippen molar-refractivity contribution in [3.05, 3.63) is 34.4 Å². The first-order chi connectivity index (χ1) is 8.46. The second-order valence-electron chi connectivity index (χ2n) is 6.15. The van der Waals surface area contributed by atoms with Gasteiger partial charge in [-0.25, -0.2) is 0 Å². The van der Waals surface area contributed by atoms with E-state index >= 15 is 0 Å². The first-order valence-corrected chi connectivity index (χ1v) is 7.27. The summed E-state index contributed by atoms with van der Waals surface area (Å²) in [5.74, 6) is 0.685. The number of aryl methyl sites for hydroxylation is 3. The summed E-state index contributed by atoms with van der Waals surface area (Å²) in [6.07, 6.45) is 5.48. The van der Waals surface area contributed by atoms with Crippen LogP contribution in [0.3, 0.4) is 0 Å². The van der Waals surface area contributed by atoms with Gasteiger partial charge in [0.25, 0.3) is 0 Å². The molecule has 0 radical (unpaired) electrons. The minimum atomic E-state index is -0.582. The standard InChI is InChI=1S/C17H26O/c1-5-15-7-6-8-17(18,11-15)16-10-13(3)12(2)9-14(16)4/h9-10,15,18H,5-8,11H2,1-4H3. The molecule has 1 aliphatic carbocycles. The van der Waals surface area contributed by atoms with Crippen LogP contribution in [0.1, 0.15) is 61.3 Å². The molecule has 100 valence electrons. The minimum absolute atomic E-state index is 0.582. The molecule has 2 rings (SSSR count). The van der Waals surface area contributed by atoms with Crippen LogP contribution in [-0.2, 0) is 5.60 Å². The molecule has 0 aromatic heterocycles. The van der Waals surface area contributed by atoms with Gasteiger partial charge >= 0.3 is 0 Å². The molecule has 18 heavy (non-hydrogen) atoms. The number of hydrogen-bond acceptors (Lipinski definition) is 1. The molecule has 0 saturated heterocycles. The van der Waals surface area contributed by atoms with Crippen molar-refractivity contribution in [1.29, 1.82) is 0 Å². The van der Waals surface area contributed by atoms with E-state index in [9.17, 15) is 5.11 Å². The van der Waals surface area contributed by atoms with E-state index in [1.807, 2.05) is 0 Å². The minimum Gasteiger partial charge on any atom is -0.385 e. The van der Waals surface area contributed by atoms with E-state index in [1.54, 1.807) is 0 Å². The molecule has 1 aliphatic rings. The molecular weight excluding hydrogens is 220 g/mol. The maximum Gasteiger partial charge on any atom is 0.0901 e. The van der Waals surface area contributed by atoms with E-state index in [0.717, 1.165) is 19.3 Å². The van der Waals surface area contributed by atoms with Gasteiger partial charge in [0.1, 0.15) is 0 Å². The lowest BCUT2D eigenvalue weighted by Crippen LogP contribution is -2.33. The molecule has 1 nitrogen and oxygen atoms in total. The molecule has 1 fully saturated rings. The lowest BCUT2D eigenvalue weighted by molar-refractivity contribution is -0.0222. The Kier molecular flexibility index (Phi) is 3.82. The van der Waals surface area contributed by atoms with Crippen LogP contribution in [0.5, 0.6) is 0 Å². The van der Waals surface area contributed by atoms with E-state index in [2.05, 4.69) is 39.8 Å². The highest BCUT2D eigenvalue weighted by Crippen LogP contribution is 2.42. The Morgan fingerprint density at radius 1 is 1.17 bits per heavy atom. The van der Waals surface area contributed by atoms with E-state index in [1.165, 1.54) is 35.1 Å². The Morgan fingerprint density at radius 3 is 2.50 bits per heavy atom. The fourth-order valence-corrected chi connectivity index (χ4v) is 3.42. The number of benzene rings is 1. The summed E-state index contributed by atoms with van der Waals surface area (Å²) in [5.41, 5.74) is 4.45. The second-order valence-corrected chi connectivity index (χ2v) is 6.15. The first-order valence-electron chi connectivity index (χ1n) is 7.27. The van der Waals surface area contributed by atoms with Gasteiger partial charge in [0.05, 0.1) is 5.60 Å². The summed E-state index contributed by atoms with van der Waals surface area (Å²) in [6.45, 7) is 8.66. The zero-order valence-corrected chi connectivity index (χ0v) is 12.2. The molecule has 0 aliphatic heterocycles. The van der Waals surface area contributed by atoms with Crippen LogP contribution in [-0.4, -0.2) is 5.11 Å². The number of rotatable bonds is 2. The van der Waals surface area contributed by atoms with Crippen LogP contribution in [0.2, 0.25) is 0 Å². The van der Waals surface area contributed by atoms with Crippen LogP contribution in [0.4, 0.5) is 0 Å². The Balaban J connectivity index is 2.37. The molecule has 0 spiro atoms. The summed E-state index contributed by atoms with van der Waals surface area (Å²) >= 11 is 0. The van der Waals surface area contributed by atoms with Gasteiger partial charge in [-0.1, -0.05) is 31.9 Å². The first kappa shape index (κ1) is 13.6. The molecule has 2 unspecified atom stereocenters. The zero-order valence-electron chi connectivity index (χ0n) is 12.2. The van der Waals surface area contributed by atoms with Crippen molar-refractivity contribution in [2.24, 2.45) is 5.92 Å². The highest BCUT2D eigenvalue weighted by Gasteiger charge is 2.36. The van der Waals surface area contributed by atoms with Gasteiger partial charge in [0.2, 0.25) is 0 Å². The molecule has 1 aromatic carbocycles. The molecule has 0 bridgehead atoms. The van der Waals surface area contributed by atoms with E-state index < -0.39 is 5.60 Å². The quantitative estimate of drug-likeness (QED) is 0.820. The van der Waals surface area contributed by atoms with Gasteiger partial charge in [0.15, 0.2) is 0 Å². The van der Waals surface area contributed by atoms with Crippen LogP contribution in [0.25, 0.3) is 0 Å². The van der Waals surface area contributed by atoms with Crippen molar-refractivity contribution in [1.82, 2.24) is 0 Å². The van der Waals surface area contributed by atoms with Crippen molar-refractivity contribution in [3.63, 3.8) is 0 Å². The molecule has 0 amide bonds. The summed E-state index contributed by atoms with van der Waals surface area (Å²) in [7, 11) is 0. The largest absolute Gasteiger partial charge is 0.385 e. The van der Waals surface area contributed by atoms with E-state index in [-0.39, 0.29) is 0 Å². The van der Waals surface area contributed by atoms with Crippen molar-refractivity contribution in [2.75, 3.05) is 0 Å². The van der Waals surface area contributed by atoms with Crippen LogP contribution < -0.4 is 0 Å². The van der Waals surface area contributed by atoms with Gasteiger partial charge in [-0.2, -0.15) is 0 Å². The molecule has 1 aromatic rings. The third kappa shape index (κ3) is 2.47. The summed E-state index contributed by atoms with van der Waals surface area (Å²) < 4.78 is 0. The maximum absolute atomic E-state index is 11.0. The Morgan fingerprint density at radius 2 is 1.83 bits per heavy atom. The van der Waals surface area contributed by atoms with Gasteiger partial charge in [-0.15, -0.1) is 0 Å². The van der Waals surface area contributed by atoms with Crippen molar-refractivity contribution < 1.29 is 5.11 Å². The number of aliphatic hydroxyl groups is 1. The summed E-state index contributed by atoms with van der Waals surface area (Å²) in [6, 6.07) is 4.43. The predicted molar refractivity (Wildman–Crippen MR) is 76.8 cm³/mol. The molecule has 2 atom stereocenters. The Hall–Kier alpha value is -0.820. The van der Waals surface area contributed by atoms with Crippen molar-refractivity contribution >= 4 is 0 Å². The predicted octanol–water partition coefficient (Wildman–Crippen LogP) is 4.40. The van der Waals surface area contributed by atoms with Crippen LogP contribution in [0.15, 0.2) is 12.1 Å². The zero-order chi connectivity index (χ0) is 13.3. The van der Waals surface area contributed by atoms with Crippen molar-refractivity contribution in [2.45, 2.75) is 65.4 Å². The highest BCUT2D eigenvalue weighted by atomic mass is 16.3. The monoisotopic (exact) mass is 246 g/mol. The average molecular weight is 246 g/mol. The third-order valence-corrected chi connectivity index (χ3v) is 4.75. The average Bonchev–Trinajstić information content (AvgIpc) is 2.33. The molecule has 0 heterocycles. The molecular formula is C17H26O. The second kappa shape index (κ2) is 5.05. The van der Waals surface area contributed by atoms with E-state index in [0.29, 0.717) is 5.92 Å². The smallest absolute Gasteiger partial charge is 0.0901 e. The third-order valence-electron chi connectivity index (χ3n) is 4.75. The van der Waals surface area contributed by atoms with Gasteiger partial charge in [-0.05, 0) is 68.2 Å². The Bertz CT molecular complexity index is 435. The van der Waals surface area contributed by atoms with E-state index in [4.69, 9.17) is 0 Å². The fraction of sp³-hybridized carbons (Fsp3) is 0.647. The van der Waals surface area contributed by atoms with Gasteiger partial charge in [0, 0.05) is 0 Å². The normalized spacial score (nSPS) is 28.4. The Labute approximate surface area is 111 Å². The van der Waals surface area contributed by atoms with Crippen molar-refractivity contribution in [3.8, 4) is 0 Å². The number of hydrogen-bond donors (Lipinski definition) is 1. The van der Waals surface area contributed by atoms with Gasteiger partial charge < -0.3 is 5.11 Å². The molecule has 1 saturated carbocycles. The summed E-state index contributed by atoms with van der Waals surface area (Å²) in [5, 5.41) is 11.0. The topological polar surface area (TPSA) is 20.2 Å². The SMILES string of the molecule is CCC1CCCC(O)(c2cc(C)c(C)cc2C)C1. The van der Waals surface area contributed by atoms with Gasteiger partial charge in [-0.3, -0.25) is 0 Å². The van der Waals surface area contributed by atoms with Crippen LogP contribution in [0, 0.1) is 26.7 Å². The summed E-state index contributed by atoms with van der Waals surface area (Å²) in [4.78, 5) is 0. The van der Waals surface area contributed by atoms with Crippen LogP contribution >= 0.6 is 0 Å². The highest BCUT2D eigenvalue weighted by molar-refractivity contribution is 5.40. The molecule has 1 N–H and O–H groups in total. The molecule has 1 heteroatoms. The lowest BCUT2D eigenvalue weighted by Gasteiger charge is -2.38.